The maximum absolute atomic E-state index is 13.7. The fourth-order valence-electron chi connectivity index (χ4n) is 4.18. The Kier molecular flexibility index (Phi) is 11.2. The molecule has 3 aromatic rings. The molecule has 222 valence electrons. The van der Waals surface area contributed by atoms with Crippen LogP contribution in [-0.2, 0) is 20.8 Å². The van der Waals surface area contributed by atoms with Crippen molar-refractivity contribution in [3.8, 4) is 0 Å². The van der Waals surface area contributed by atoms with Crippen molar-refractivity contribution >= 4 is 46.6 Å². The van der Waals surface area contributed by atoms with E-state index in [0.717, 1.165) is 0 Å². The molecule has 0 unspecified atom stereocenters. The van der Waals surface area contributed by atoms with E-state index in [1.807, 2.05) is 0 Å². The van der Waals surface area contributed by atoms with Crippen molar-refractivity contribution in [1.82, 2.24) is 20.6 Å². The van der Waals surface area contributed by atoms with Gasteiger partial charge < -0.3 is 10.6 Å². The monoisotopic (exact) mass is 622 g/mol. The molecule has 0 spiro atoms. The third kappa shape index (κ3) is 8.83. The summed E-state index contributed by atoms with van der Waals surface area (Å²) in [5.74, 6) is -6.76. The van der Waals surface area contributed by atoms with Crippen molar-refractivity contribution in [3.05, 3.63) is 94.0 Å². The van der Waals surface area contributed by atoms with Crippen LogP contribution in [0.5, 0.6) is 0 Å². The van der Waals surface area contributed by atoms with Crippen LogP contribution >= 0.6 is 23.2 Å². The first kappa shape index (κ1) is 32.7. The van der Waals surface area contributed by atoms with Crippen molar-refractivity contribution in [3.63, 3.8) is 0 Å². The average molecular weight is 623 g/mol. The molecule has 0 aliphatic carbocycles. The van der Waals surface area contributed by atoms with Gasteiger partial charge in [-0.05, 0) is 29.2 Å². The van der Waals surface area contributed by atoms with E-state index in [9.17, 15) is 32.3 Å². The van der Waals surface area contributed by atoms with Crippen molar-refractivity contribution in [1.29, 1.82) is 0 Å². The fourth-order valence-corrected chi connectivity index (χ4v) is 4.50. The number of ketones is 2. The maximum atomic E-state index is 13.7. The largest absolute Gasteiger partial charge is 0.450 e. The molecular formula is C29H27Cl2F3N4O4. The predicted molar refractivity (Wildman–Crippen MR) is 150 cm³/mol. The van der Waals surface area contributed by atoms with Gasteiger partial charge in [0.05, 0.1) is 15.6 Å². The molecule has 0 bridgehead atoms. The Morgan fingerprint density at radius 1 is 0.905 bits per heavy atom. The summed E-state index contributed by atoms with van der Waals surface area (Å²) in [7, 11) is 0. The minimum atomic E-state index is -5.13. The highest BCUT2D eigenvalue weighted by atomic mass is 35.5. The molecule has 0 fully saturated rings. The van der Waals surface area contributed by atoms with E-state index in [1.165, 1.54) is 56.8 Å². The first-order valence-corrected chi connectivity index (χ1v) is 13.5. The van der Waals surface area contributed by atoms with Gasteiger partial charge in [0, 0.05) is 31.2 Å². The van der Waals surface area contributed by atoms with Crippen LogP contribution in [0.4, 0.5) is 13.2 Å². The number of carbonyl (C=O) groups excluding carboxylic acids is 4. The quantitative estimate of drug-likeness (QED) is 0.281. The maximum Gasteiger partial charge on any atom is 0.450 e. The molecule has 3 rings (SSSR count). The number of hydrogen-bond acceptors (Lipinski definition) is 6. The number of benzene rings is 2. The van der Waals surface area contributed by atoms with Gasteiger partial charge in [0.1, 0.15) is 18.4 Å². The Balaban J connectivity index is 1.93. The van der Waals surface area contributed by atoms with Gasteiger partial charge in [-0.25, -0.2) is 9.97 Å². The molecule has 3 atom stereocenters. The van der Waals surface area contributed by atoms with Crippen LogP contribution in [0.15, 0.2) is 67.3 Å². The first-order chi connectivity index (χ1) is 19.8. The van der Waals surface area contributed by atoms with E-state index < -0.39 is 59.9 Å². The molecule has 2 aromatic carbocycles. The summed E-state index contributed by atoms with van der Waals surface area (Å²) < 4.78 is 39.8. The lowest BCUT2D eigenvalue weighted by atomic mass is 9.84. The molecule has 0 saturated heterocycles. The second-order valence-corrected chi connectivity index (χ2v) is 10.7. The van der Waals surface area contributed by atoms with Gasteiger partial charge in [-0.1, -0.05) is 73.4 Å². The van der Waals surface area contributed by atoms with Crippen LogP contribution in [0.25, 0.3) is 0 Å². The van der Waals surface area contributed by atoms with Crippen molar-refractivity contribution in [2.75, 3.05) is 0 Å². The second-order valence-electron chi connectivity index (χ2n) is 9.84. The van der Waals surface area contributed by atoms with Crippen LogP contribution < -0.4 is 10.6 Å². The van der Waals surface area contributed by atoms with Crippen LogP contribution in [0.3, 0.4) is 0 Å². The Hall–Kier alpha value is -3.83. The number of carbonyl (C=O) groups is 4. The highest BCUT2D eigenvalue weighted by Crippen LogP contribution is 2.30. The summed E-state index contributed by atoms with van der Waals surface area (Å²) >= 11 is 12.1. The third-order valence-electron chi connectivity index (χ3n) is 6.45. The lowest BCUT2D eigenvalue weighted by Gasteiger charge is -2.26. The molecule has 0 aliphatic heterocycles. The van der Waals surface area contributed by atoms with E-state index in [0.29, 0.717) is 5.56 Å². The summed E-state index contributed by atoms with van der Waals surface area (Å²) in [5.41, 5.74) is 0.867. The van der Waals surface area contributed by atoms with E-state index in [4.69, 9.17) is 23.2 Å². The van der Waals surface area contributed by atoms with Crippen LogP contribution in [-0.4, -0.2) is 45.6 Å². The molecule has 0 aliphatic rings. The van der Waals surface area contributed by atoms with Gasteiger partial charge in [-0.15, -0.1) is 0 Å². The number of nitrogens with one attached hydrogen (secondary N) is 2. The van der Waals surface area contributed by atoms with Crippen molar-refractivity contribution in [2.45, 2.75) is 44.9 Å². The number of Topliss-reactive ketones (excluding diaryl/α,β-unsaturated/α-hetero) is 2. The summed E-state index contributed by atoms with van der Waals surface area (Å²) in [4.78, 5) is 59.7. The SMILES string of the molecule is CC(C)[C@H](CC(=O)[C@@H](NC(=O)[C@H](Cc1ccc(Cl)c(Cl)c1)NC(=O)c1cncnc1)c1ccccc1)C(=O)C(F)(F)F. The van der Waals surface area contributed by atoms with E-state index in [1.54, 1.807) is 24.3 Å². The van der Waals surface area contributed by atoms with Gasteiger partial charge in [-0.2, -0.15) is 13.2 Å². The van der Waals surface area contributed by atoms with E-state index in [-0.39, 0.29) is 27.6 Å². The molecule has 2 amide bonds. The molecule has 42 heavy (non-hydrogen) atoms. The number of amides is 2. The number of aromatic nitrogens is 2. The molecule has 8 nitrogen and oxygen atoms in total. The fraction of sp³-hybridized carbons (Fsp3) is 0.310. The Morgan fingerprint density at radius 2 is 1.55 bits per heavy atom. The van der Waals surface area contributed by atoms with Gasteiger partial charge in [0.25, 0.3) is 5.91 Å². The Morgan fingerprint density at radius 3 is 2.12 bits per heavy atom. The van der Waals surface area contributed by atoms with Gasteiger partial charge >= 0.3 is 6.18 Å². The first-order valence-electron chi connectivity index (χ1n) is 12.8. The summed E-state index contributed by atoms with van der Waals surface area (Å²) in [5, 5.41) is 5.64. The molecule has 1 heterocycles. The highest BCUT2D eigenvalue weighted by molar-refractivity contribution is 6.42. The molecule has 2 N–H and O–H groups in total. The zero-order chi connectivity index (χ0) is 31.0. The summed E-state index contributed by atoms with van der Waals surface area (Å²) in [6.45, 7) is 2.82. The summed E-state index contributed by atoms with van der Waals surface area (Å²) in [6, 6.07) is 9.83. The Labute approximate surface area is 250 Å². The van der Waals surface area contributed by atoms with Crippen LogP contribution in [0.1, 0.15) is 47.8 Å². The predicted octanol–water partition coefficient (Wildman–Crippen LogP) is 5.34. The van der Waals surface area contributed by atoms with Gasteiger partial charge in [0.2, 0.25) is 11.7 Å². The van der Waals surface area contributed by atoms with Crippen LogP contribution in [0, 0.1) is 11.8 Å². The normalized spacial score (nSPS) is 13.6. The zero-order valence-electron chi connectivity index (χ0n) is 22.5. The topological polar surface area (TPSA) is 118 Å². The molecule has 0 saturated carbocycles. The second kappa shape index (κ2) is 14.4. The van der Waals surface area contributed by atoms with E-state index >= 15 is 0 Å². The molecule has 1 aromatic heterocycles. The van der Waals surface area contributed by atoms with Gasteiger partial charge in [-0.3, -0.25) is 19.2 Å². The van der Waals surface area contributed by atoms with Crippen molar-refractivity contribution < 1.29 is 32.3 Å². The third-order valence-corrected chi connectivity index (χ3v) is 7.19. The number of alkyl halides is 3. The number of halogens is 5. The highest BCUT2D eigenvalue weighted by Gasteiger charge is 2.45. The van der Waals surface area contributed by atoms with Gasteiger partial charge in [0.15, 0.2) is 5.78 Å². The molecule has 13 heteroatoms. The lowest BCUT2D eigenvalue weighted by molar-refractivity contribution is -0.177. The average Bonchev–Trinajstić information content (AvgIpc) is 2.95. The minimum Gasteiger partial charge on any atom is -0.340 e. The smallest absolute Gasteiger partial charge is 0.340 e. The van der Waals surface area contributed by atoms with Crippen LogP contribution in [0.2, 0.25) is 10.0 Å². The Bertz CT molecular complexity index is 1420. The number of hydrogen-bond donors (Lipinski definition) is 2. The van der Waals surface area contributed by atoms with Crippen molar-refractivity contribution in [2.24, 2.45) is 11.8 Å². The number of rotatable bonds is 12. The zero-order valence-corrected chi connectivity index (χ0v) is 24.0. The standard InChI is InChI=1S/C29H27Cl2F3N4O4/c1-16(2)20(26(40)29(32,33)34)12-24(39)25(18-6-4-3-5-7-18)38-28(42)23(11-17-8-9-21(30)22(31)10-17)37-27(41)19-13-35-15-36-14-19/h3-10,13-16,20,23,25H,11-12H2,1-2H3,(H,37,41)(H,38,42)/t20-,23-,25-/m0/s1. The lowest BCUT2D eigenvalue weighted by Crippen LogP contribution is -2.50. The molecular weight excluding hydrogens is 596 g/mol. The molecule has 0 radical (unpaired) electrons. The summed E-state index contributed by atoms with van der Waals surface area (Å²) in [6.07, 6.45) is -2.26. The number of nitrogens with zero attached hydrogens (tertiary/aromatic N) is 2. The van der Waals surface area contributed by atoms with E-state index in [2.05, 4.69) is 20.6 Å². The minimum absolute atomic E-state index is 0.0607.